The van der Waals surface area contributed by atoms with E-state index in [1.807, 2.05) is 0 Å². The molecule has 21 heavy (non-hydrogen) atoms. The molecule has 7 heteroatoms. The Labute approximate surface area is 117 Å². The molecule has 0 aliphatic carbocycles. The number of rotatable bonds is 2. The van der Waals surface area contributed by atoms with Gasteiger partial charge in [0.1, 0.15) is 11.9 Å². The second-order valence-corrected chi connectivity index (χ2v) is 4.11. The van der Waals surface area contributed by atoms with Crippen molar-refractivity contribution in [1.29, 1.82) is 5.26 Å². The SMILES string of the molecule is N#Cc1cc(F)ccc1NC(=O)c1cc(F)c(F)cc1N. The summed E-state index contributed by atoms with van der Waals surface area (Å²) in [4.78, 5) is 12.0. The van der Waals surface area contributed by atoms with Crippen molar-refractivity contribution in [2.75, 3.05) is 11.1 Å². The monoisotopic (exact) mass is 291 g/mol. The molecule has 0 fully saturated rings. The Hall–Kier alpha value is -3.01. The molecule has 2 aromatic rings. The molecule has 0 saturated carbocycles. The molecule has 0 heterocycles. The Balaban J connectivity index is 2.35. The fraction of sp³-hybridized carbons (Fsp3) is 0. The summed E-state index contributed by atoms with van der Waals surface area (Å²) in [6.07, 6.45) is 0. The van der Waals surface area contributed by atoms with Gasteiger partial charge in [0, 0.05) is 11.8 Å². The van der Waals surface area contributed by atoms with Crippen molar-refractivity contribution in [1.82, 2.24) is 0 Å². The predicted octanol–water partition coefficient (Wildman–Crippen LogP) is 2.81. The number of nitrogens with two attached hydrogens (primary N) is 1. The molecular formula is C14H8F3N3O. The first-order valence-electron chi connectivity index (χ1n) is 5.68. The average Bonchev–Trinajstić information content (AvgIpc) is 2.44. The number of nitriles is 1. The van der Waals surface area contributed by atoms with Gasteiger partial charge < -0.3 is 11.1 Å². The minimum absolute atomic E-state index is 0.0352. The zero-order valence-corrected chi connectivity index (χ0v) is 10.5. The number of anilines is 2. The number of nitrogens with one attached hydrogen (secondary N) is 1. The van der Waals surface area contributed by atoms with Crippen LogP contribution in [0.2, 0.25) is 0 Å². The molecule has 0 aromatic heterocycles. The lowest BCUT2D eigenvalue weighted by Crippen LogP contribution is -2.15. The van der Waals surface area contributed by atoms with E-state index in [4.69, 9.17) is 11.0 Å². The van der Waals surface area contributed by atoms with Crippen molar-refractivity contribution >= 4 is 17.3 Å². The maximum atomic E-state index is 13.1. The summed E-state index contributed by atoms with van der Waals surface area (Å²) in [6, 6.07) is 6.20. The number of amides is 1. The number of hydrogen-bond acceptors (Lipinski definition) is 3. The molecule has 2 aromatic carbocycles. The summed E-state index contributed by atoms with van der Waals surface area (Å²) in [5.41, 5.74) is 4.83. The van der Waals surface area contributed by atoms with Crippen molar-refractivity contribution < 1.29 is 18.0 Å². The van der Waals surface area contributed by atoms with Crippen LogP contribution in [0.1, 0.15) is 15.9 Å². The second-order valence-electron chi connectivity index (χ2n) is 4.11. The molecule has 0 saturated heterocycles. The molecular weight excluding hydrogens is 283 g/mol. The van der Waals surface area contributed by atoms with Crippen LogP contribution < -0.4 is 11.1 Å². The van der Waals surface area contributed by atoms with Crippen LogP contribution in [0.4, 0.5) is 24.5 Å². The fourth-order valence-electron chi connectivity index (χ4n) is 1.67. The minimum Gasteiger partial charge on any atom is -0.398 e. The Bertz CT molecular complexity index is 769. The first-order valence-corrected chi connectivity index (χ1v) is 5.68. The van der Waals surface area contributed by atoms with Crippen LogP contribution in [0.25, 0.3) is 0 Å². The molecule has 2 rings (SSSR count). The van der Waals surface area contributed by atoms with Gasteiger partial charge in [-0.2, -0.15) is 5.26 Å². The van der Waals surface area contributed by atoms with Gasteiger partial charge in [-0.3, -0.25) is 4.79 Å². The third-order valence-electron chi connectivity index (χ3n) is 2.69. The Morgan fingerprint density at radius 3 is 2.48 bits per heavy atom. The summed E-state index contributed by atoms with van der Waals surface area (Å²) in [5, 5.41) is 11.2. The topological polar surface area (TPSA) is 78.9 Å². The normalized spacial score (nSPS) is 10.0. The molecule has 3 N–H and O–H groups in total. The summed E-state index contributed by atoms with van der Waals surface area (Å²) >= 11 is 0. The lowest BCUT2D eigenvalue weighted by atomic mass is 10.1. The number of carbonyl (C=O) groups excluding carboxylic acids is 1. The first-order chi connectivity index (χ1) is 9.92. The van der Waals surface area contributed by atoms with Gasteiger partial charge in [-0.1, -0.05) is 0 Å². The van der Waals surface area contributed by atoms with Crippen molar-refractivity contribution in [3.8, 4) is 6.07 Å². The van der Waals surface area contributed by atoms with E-state index in [2.05, 4.69) is 5.32 Å². The predicted molar refractivity (Wildman–Crippen MR) is 69.8 cm³/mol. The van der Waals surface area contributed by atoms with Crippen LogP contribution in [0.5, 0.6) is 0 Å². The van der Waals surface area contributed by atoms with Gasteiger partial charge in [-0.25, -0.2) is 13.2 Å². The third kappa shape index (κ3) is 2.95. The Morgan fingerprint density at radius 2 is 1.81 bits per heavy atom. The highest BCUT2D eigenvalue weighted by molar-refractivity contribution is 6.08. The molecule has 0 atom stereocenters. The number of hydrogen-bond donors (Lipinski definition) is 2. The van der Waals surface area contributed by atoms with Gasteiger partial charge in [-0.15, -0.1) is 0 Å². The second kappa shape index (κ2) is 5.54. The van der Waals surface area contributed by atoms with Crippen molar-refractivity contribution in [3.63, 3.8) is 0 Å². The molecule has 0 aliphatic rings. The molecule has 4 nitrogen and oxygen atoms in total. The van der Waals surface area contributed by atoms with Crippen LogP contribution >= 0.6 is 0 Å². The van der Waals surface area contributed by atoms with E-state index in [1.165, 1.54) is 6.07 Å². The highest BCUT2D eigenvalue weighted by atomic mass is 19.2. The van der Waals surface area contributed by atoms with E-state index in [0.717, 1.165) is 12.1 Å². The summed E-state index contributed by atoms with van der Waals surface area (Å²) in [6.45, 7) is 0. The Kier molecular flexibility index (Phi) is 3.80. The summed E-state index contributed by atoms with van der Waals surface area (Å²) < 4.78 is 39.1. The number of nitrogen functional groups attached to an aromatic ring is 1. The van der Waals surface area contributed by atoms with E-state index in [1.54, 1.807) is 6.07 Å². The molecule has 106 valence electrons. The molecule has 1 amide bonds. The van der Waals surface area contributed by atoms with Crippen LogP contribution in [0, 0.1) is 28.8 Å². The highest BCUT2D eigenvalue weighted by Crippen LogP contribution is 2.21. The van der Waals surface area contributed by atoms with Crippen molar-refractivity contribution in [3.05, 3.63) is 58.9 Å². The minimum atomic E-state index is -1.23. The van der Waals surface area contributed by atoms with Crippen LogP contribution in [0.15, 0.2) is 30.3 Å². The van der Waals surface area contributed by atoms with Gasteiger partial charge in [-0.05, 0) is 24.3 Å². The van der Waals surface area contributed by atoms with Gasteiger partial charge in [0.25, 0.3) is 5.91 Å². The zero-order chi connectivity index (χ0) is 15.6. The van der Waals surface area contributed by atoms with E-state index in [-0.39, 0.29) is 22.5 Å². The lowest BCUT2D eigenvalue weighted by Gasteiger charge is -2.09. The molecule has 0 radical (unpaired) electrons. The van der Waals surface area contributed by atoms with E-state index in [9.17, 15) is 18.0 Å². The van der Waals surface area contributed by atoms with Gasteiger partial charge in [0.05, 0.1) is 16.8 Å². The number of carbonyl (C=O) groups is 1. The maximum Gasteiger partial charge on any atom is 0.257 e. The van der Waals surface area contributed by atoms with Crippen molar-refractivity contribution in [2.24, 2.45) is 0 Å². The fourth-order valence-corrected chi connectivity index (χ4v) is 1.67. The summed E-state index contributed by atoms with van der Waals surface area (Å²) in [5.74, 6) is -3.89. The van der Waals surface area contributed by atoms with E-state index in [0.29, 0.717) is 12.1 Å². The molecule has 0 spiro atoms. The van der Waals surface area contributed by atoms with Crippen molar-refractivity contribution in [2.45, 2.75) is 0 Å². The van der Waals surface area contributed by atoms with E-state index >= 15 is 0 Å². The van der Waals surface area contributed by atoms with Gasteiger partial charge in [0.15, 0.2) is 11.6 Å². The maximum absolute atomic E-state index is 13.1. The highest BCUT2D eigenvalue weighted by Gasteiger charge is 2.16. The van der Waals surface area contributed by atoms with Crippen LogP contribution in [-0.4, -0.2) is 5.91 Å². The quantitative estimate of drug-likeness (QED) is 0.835. The third-order valence-corrected chi connectivity index (χ3v) is 2.69. The Morgan fingerprint density at radius 1 is 1.14 bits per heavy atom. The average molecular weight is 291 g/mol. The molecule has 0 unspecified atom stereocenters. The van der Waals surface area contributed by atoms with Crippen LogP contribution in [0.3, 0.4) is 0 Å². The zero-order valence-electron chi connectivity index (χ0n) is 10.5. The van der Waals surface area contributed by atoms with Gasteiger partial charge >= 0.3 is 0 Å². The van der Waals surface area contributed by atoms with Crippen LogP contribution in [-0.2, 0) is 0 Å². The number of halogens is 3. The van der Waals surface area contributed by atoms with E-state index < -0.39 is 23.4 Å². The molecule has 0 aliphatic heterocycles. The first kappa shape index (κ1) is 14.4. The standard InChI is InChI=1S/C14H8F3N3O/c15-8-1-2-13(7(3-8)6-18)20-14(21)9-4-10(16)11(17)5-12(9)19/h1-5H,19H2,(H,20,21). The molecule has 0 bridgehead atoms. The lowest BCUT2D eigenvalue weighted by molar-refractivity contribution is 0.102. The number of benzene rings is 2. The largest absolute Gasteiger partial charge is 0.398 e. The number of nitrogens with zero attached hydrogens (tertiary/aromatic N) is 1. The van der Waals surface area contributed by atoms with Gasteiger partial charge in [0.2, 0.25) is 0 Å². The smallest absolute Gasteiger partial charge is 0.257 e. The summed E-state index contributed by atoms with van der Waals surface area (Å²) in [7, 11) is 0.